The second-order valence-electron chi connectivity index (χ2n) is 8.66. The topological polar surface area (TPSA) is 147 Å². The van der Waals surface area contributed by atoms with Gasteiger partial charge in [-0.3, -0.25) is 5.32 Å². The van der Waals surface area contributed by atoms with Gasteiger partial charge in [0, 0.05) is 17.5 Å². The highest BCUT2D eigenvalue weighted by molar-refractivity contribution is 6.29. The molecule has 0 atom stereocenters. The first-order valence-corrected chi connectivity index (χ1v) is 11.3. The first-order chi connectivity index (χ1) is 17.2. The molecule has 3 heterocycles. The number of guanidine groups is 1. The van der Waals surface area contributed by atoms with Crippen LogP contribution in [0, 0.1) is 29.7 Å². The smallest absolute Gasteiger partial charge is 0.210 e. The molecule has 0 aliphatic heterocycles. The highest BCUT2D eigenvalue weighted by Gasteiger charge is 2.20. The molecule has 10 nitrogen and oxygen atoms in total. The summed E-state index contributed by atoms with van der Waals surface area (Å²) in [5.74, 6) is 0.539. The number of aliphatic imine (C=N–C) groups is 1. The highest BCUT2D eigenvalue weighted by Crippen LogP contribution is 2.36. The number of aromatic nitrogens is 4. The van der Waals surface area contributed by atoms with Crippen molar-refractivity contribution in [3.8, 4) is 34.6 Å². The molecule has 11 heteroatoms. The van der Waals surface area contributed by atoms with E-state index in [0.29, 0.717) is 33.4 Å². The number of rotatable bonds is 5. The monoisotopic (exact) mass is 499 g/mol. The molecule has 4 aromatic rings. The van der Waals surface area contributed by atoms with E-state index >= 15 is 0 Å². The first-order valence-electron chi connectivity index (χ1n) is 10.9. The molecule has 0 spiro atoms. The Hall–Kier alpha value is -4.51. The number of hydrogen-bond acceptors (Lipinski definition) is 7. The quantitative estimate of drug-likeness (QED) is 0.123. The summed E-state index contributed by atoms with van der Waals surface area (Å²) in [4.78, 5) is 13.2. The van der Waals surface area contributed by atoms with Gasteiger partial charge < -0.3 is 10.4 Å². The maximum atomic E-state index is 9.99. The molecule has 0 radical (unpaired) electrons. The van der Waals surface area contributed by atoms with Crippen LogP contribution in [0.2, 0.25) is 5.15 Å². The lowest BCUT2D eigenvalue weighted by Gasteiger charge is -2.15. The summed E-state index contributed by atoms with van der Waals surface area (Å²) in [6.45, 7) is 5.15. The van der Waals surface area contributed by atoms with Crippen molar-refractivity contribution in [2.45, 2.75) is 26.4 Å². The summed E-state index contributed by atoms with van der Waals surface area (Å²) in [6.07, 6.45) is 3.55. The standard InChI is InChI=1S/C25H22ClN9O/c1-15-9-18(11-19(26)31-15)21-22(17-6-4-5-16(10-17)12-27)34-35-8-7-20(32-23(21)35)33-24(30-14-28)29-13-25(2,3)36/h4-11,36H,13H2,1-3H3,(H2,29,30,32,33). The van der Waals surface area contributed by atoms with E-state index in [1.165, 1.54) is 0 Å². The van der Waals surface area contributed by atoms with Gasteiger partial charge in [-0.1, -0.05) is 23.7 Å². The highest BCUT2D eigenvalue weighted by atomic mass is 35.5. The zero-order valence-electron chi connectivity index (χ0n) is 19.8. The maximum absolute atomic E-state index is 9.99. The Labute approximate surface area is 212 Å². The van der Waals surface area contributed by atoms with Gasteiger partial charge in [0.15, 0.2) is 11.8 Å². The molecule has 36 heavy (non-hydrogen) atoms. The van der Waals surface area contributed by atoms with Gasteiger partial charge in [-0.25, -0.2) is 19.5 Å². The molecule has 180 valence electrons. The van der Waals surface area contributed by atoms with Gasteiger partial charge in [0.2, 0.25) is 5.96 Å². The van der Waals surface area contributed by atoms with Crippen molar-refractivity contribution < 1.29 is 5.11 Å². The van der Waals surface area contributed by atoms with Crippen molar-refractivity contribution in [1.29, 1.82) is 10.5 Å². The van der Waals surface area contributed by atoms with Crippen molar-refractivity contribution in [1.82, 2.24) is 24.9 Å². The van der Waals surface area contributed by atoms with Crippen LogP contribution in [0.5, 0.6) is 0 Å². The Balaban J connectivity index is 1.89. The number of benzene rings is 1. The van der Waals surface area contributed by atoms with Crippen molar-refractivity contribution >= 4 is 29.0 Å². The maximum Gasteiger partial charge on any atom is 0.210 e. The Kier molecular flexibility index (Phi) is 6.84. The summed E-state index contributed by atoms with van der Waals surface area (Å²) >= 11 is 6.28. The van der Waals surface area contributed by atoms with Crippen LogP contribution in [-0.2, 0) is 0 Å². The lowest BCUT2D eigenvalue weighted by atomic mass is 10.00. The Morgan fingerprint density at radius 3 is 2.67 bits per heavy atom. The molecule has 3 aromatic heterocycles. The van der Waals surface area contributed by atoms with Gasteiger partial charge in [-0.15, -0.1) is 0 Å². The second-order valence-corrected chi connectivity index (χ2v) is 9.04. The van der Waals surface area contributed by atoms with E-state index in [1.807, 2.05) is 25.2 Å². The molecular weight excluding hydrogens is 478 g/mol. The van der Waals surface area contributed by atoms with Gasteiger partial charge in [-0.2, -0.15) is 15.6 Å². The third-order valence-electron chi connectivity index (χ3n) is 5.01. The molecule has 0 bridgehead atoms. The minimum absolute atomic E-state index is 0.0678. The van der Waals surface area contributed by atoms with E-state index in [-0.39, 0.29) is 12.5 Å². The molecule has 0 saturated carbocycles. The van der Waals surface area contributed by atoms with Crippen LogP contribution in [0.3, 0.4) is 0 Å². The predicted molar refractivity (Wildman–Crippen MR) is 137 cm³/mol. The Bertz CT molecular complexity index is 1530. The van der Waals surface area contributed by atoms with Gasteiger partial charge >= 0.3 is 0 Å². The fourth-order valence-corrected chi connectivity index (χ4v) is 3.78. The van der Waals surface area contributed by atoms with Crippen LogP contribution in [0.25, 0.3) is 28.0 Å². The number of aryl methyl sites for hydroxylation is 1. The number of halogens is 1. The van der Waals surface area contributed by atoms with Crippen molar-refractivity contribution in [3.05, 3.63) is 65.1 Å². The molecule has 0 amide bonds. The van der Waals surface area contributed by atoms with Crippen molar-refractivity contribution in [2.75, 3.05) is 11.9 Å². The van der Waals surface area contributed by atoms with Crippen LogP contribution in [0.4, 0.5) is 5.82 Å². The zero-order chi connectivity index (χ0) is 25.9. The number of pyridine rings is 1. The number of hydrogen-bond donors (Lipinski definition) is 3. The Morgan fingerprint density at radius 2 is 1.97 bits per heavy atom. The molecule has 0 fully saturated rings. The number of fused-ring (bicyclic) bond motifs is 1. The lowest BCUT2D eigenvalue weighted by molar-refractivity contribution is 0.0904. The average Bonchev–Trinajstić information content (AvgIpc) is 3.20. The third-order valence-corrected chi connectivity index (χ3v) is 5.20. The fourth-order valence-electron chi connectivity index (χ4n) is 3.53. The number of anilines is 1. The predicted octanol–water partition coefficient (Wildman–Crippen LogP) is 3.90. The van der Waals surface area contributed by atoms with Crippen molar-refractivity contribution in [2.24, 2.45) is 4.99 Å². The molecule has 3 N–H and O–H groups in total. The van der Waals surface area contributed by atoms with Crippen LogP contribution in [0.15, 0.2) is 53.7 Å². The van der Waals surface area contributed by atoms with Crippen molar-refractivity contribution in [3.63, 3.8) is 0 Å². The number of nitrogens with one attached hydrogen (secondary N) is 2. The number of nitriles is 2. The molecule has 4 rings (SSSR count). The third kappa shape index (κ3) is 5.58. The summed E-state index contributed by atoms with van der Waals surface area (Å²) in [5, 5.41) is 39.0. The molecule has 1 aromatic carbocycles. The normalized spacial score (nSPS) is 11.7. The molecule has 0 aliphatic carbocycles. The molecule has 0 aliphatic rings. The Morgan fingerprint density at radius 1 is 1.17 bits per heavy atom. The van der Waals surface area contributed by atoms with Gasteiger partial charge in [0.1, 0.15) is 16.7 Å². The first kappa shape index (κ1) is 24.6. The summed E-state index contributed by atoms with van der Waals surface area (Å²) in [5.41, 5.74) is 3.51. The second kappa shape index (κ2) is 10.0. The van der Waals surface area contributed by atoms with Gasteiger partial charge in [-0.05, 0) is 56.7 Å². The number of nitrogens with zero attached hydrogens (tertiary/aromatic N) is 7. The lowest BCUT2D eigenvalue weighted by Crippen LogP contribution is -2.31. The summed E-state index contributed by atoms with van der Waals surface area (Å²) < 4.78 is 1.63. The summed E-state index contributed by atoms with van der Waals surface area (Å²) in [6, 6.07) is 14.6. The van der Waals surface area contributed by atoms with E-state index in [4.69, 9.17) is 26.9 Å². The summed E-state index contributed by atoms with van der Waals surface area (Å²) in [7, 11) is 0. The minimum atomic E-state index is -1.05. The van der Waals surface area contributed by atoms with Crippen LogP contribution >= 0.6 is 11.6 Å². The van der Waals surface area contributed by atoms with E-state index in [0.717, 1.165) is 16.8 Å². The van der Waals surface area contributed by atoms with E-state index in [2.05, 4.69) is 26.7 Å². The van der Waals surface area contributed by atoms with Gasteiger partial charge in [0.05, 0.1) is 29.3 Å². The fraction of sp³-hybridized carbons (Fsp3) is 0.200. The zero-order valence-corrected chi connectivity index (χ0v) is 20.5. The molecule has 0 unspecified atom stereocenters. The van der Waals surface area contributed by atoms with Crippen LogP contribution in [-0.4, -0.2) is 42.8 Å². The largest absolute Gasteiger partial charge is 0.389 e. The molecule has 0 saturated heterocycles. The average molecular weight is 500 g/mol. The SMILES string of the molecule is Cc1cc(-c2c(-c3cccc(C#N)c3)nn3ccc(NC(=NCC(C)(C)O)NC#N)nc23)cc(Cl)n1. The van der Waals surface area contributed by atoms with E-state index < -0.39 is 5.60 Å². The van der Waals surface area contributed by atoms with E-state index in [9.17, 15) is 10.4 Å². The molecular formula is C25H22ClN9O. The minimum Gasteiger partial charge on any atom is -0.389 e. The van der Waals surface area contributed by atoms with Crippen LogP contribution in [0.1, 0.15) is 25.1 Å². The van der Waals surface area contributed by atoms with E-state index in [1.54, 1.807) is 54.9 Å². The van der Waals surface area contributed by atoms with Gasteiger partial charge in [0.25, 0.3) is 0 Å². The van der Waals surface area contributed by atoms with Crippen LogP contribution < -0.4 is 10.6 Å². The number of aliphatic hydroxyl groups is 1.